The van der Waals surface area contributed by atoms with Gasteiger partial charge in [-0.1, -0.05) is 0 Å². The van der Waals surface area contributed by atoms with Crippen LogP contribution in [-0.4, -0.2) is 37.2 Å². The zero-order valence-electron chi connectivity index (χ0n) is 14.0. The first-order valence-corrected chi connectivity index (χ1v) is 7.23. The van der Waals surface area contributed by atoms with Gasteiger partial charge in [-0.25, -0.2) is 4.79 Å². The largest absolute Gasteiger partial charge is 0.444 e. The van der Waals surface area contributed by atoms with E-state index in [1.807, 2.05) is 19.0 Å². The third-order valence-corrected chi connectivity index (χ3v) is 2.81. The smallest absolute Gasteiger partial charge is 0.416 e. The molecule has 0 aromatic heterocycles. The molecule has 0 heterocycles. The summed E-state index contributed by atoms with van der Waals surface area (Å²) in [5, 5.41) is 2.36. The van der Waals surface area contributed by atoms with Crippen molar-refractivity contribution < 1.29 is 22.7 Å². The van der Waals surface area contributed by atoms with Crippen LogP contribution in [0.5, 0.6) is 0 Å². The SMILES string of the molecule is CN(C)CCc1cc(NC(=O)OC(C)(C)C)cc(C(F)(F)F)c1. The minimum atomic E-state index is -4.47. The maximum atomic E-state index is 13.0. The van der Waals surface area contributed by atoms with E-state index in [0.29, 0.717) is 18.5 Å². The average Bonchev–Trinajstić information content (AvgIpc) is 2.32. The predicted octanol–water partition coefficient (Wildman–Crippen LogP) is 4.16. The Morgan fingerprint density at radius 3 is 2.26 bits per heavy atom. The number of carbonyl (C=O) groups excluding carboxylic acids is 1. The monoisotopic (exact) mass is 332 g/mol. The van der Waals surface area contributed by atoms with Gasteiger partial charge < -0.3 is 9.64 Å². The van der Waals surface area contributed by atoms with Crippen molar-refractivity contribution in [2.45, 2.75) is 39.0 Å². The molecule has 0 saturated carbocycles. The predicted molar refractivity (Wildman–Crippen MR) is 83.6 cm³/mol. The molecule has 1 aromatic carbocycles. The number of nitrogens with one attached hydrogen (secondary N) is 1. The van der Waals surface area contributed by atoms with E-state index in [9.17, 15) is 18.0 Å². The van der Waals surface area contributed by atoms with Gasteiger partial charge in [0.15, 0.2) is 0 Å². The molecule has 0 atom stereocenters. The molecule has 130 valence electrons. The van der Waals surface area contributed by atoms with Crippen LogP contribution in [-0.2, 0) is 17.3 Å². The first-order chi connectivity index (χ1) is 10.4. The Bertz CT molecular complexity index is 549. The Kier molecular flexibility index (Phi) is 6.04. The van der Waals surface area contributed by atoms with Crippen molar-refractivity contribution in [1.29, 1.82) is 0 Å². The second-order valence-corrected chi connectivity index (χ2v) is 6.60. The van der Waals surface area contributed by atoms with Gasteiger partial charge in [-0.2, -0.15) is 13.2 Å². The molecule has 23 heavy (non-hydrogen) atoms. The summed E-state index contributed by atoms with van der Waals surface area (Å²) in [5.74, 6) is 0. The summed E-state index contributed by atoms with van der Waals surface area (Å²) in [4.78, 5) is 13.6. The van der Waals surface area contributed by atoms with Gasteiger partial charge in [0.05, 0.1) is 5.56 Å². The molecule has 0 radical (unpaired) electrons. The lowest BCUT2D eigenvalue weighted by Gasteiger charge is -2.20. The Balaban J connectivity index is 3.01. The Morgan fingerprint density at radius 2 is 1.78 bits per heavy atom. The van der Waals surface area contributed by atoms with Crippen LogP contribution in [0.15, 0.2) is 18.2 Å². The normalized spacial score (nSPS) is 12.4. The molecule has 1 amide bonds. The van der Waals surface area contributed by atoms with Crippen LogP contribution in [0, 0.1) is 0 Å². The topological polar surface area (TPSA) is 41.6 Å². The van der Waals surface area contributed by atoms with Gasteiger partial charge in [0.2, 0.25) is 0 Å². The van der Waals surface area contributed by atoms with Crippen LogP contribution < -0.4 is 5.32 Å². The number of nitrogens with zero attached hydrogens (tertiary/aromatic N) is 1. The molecule has 0 aliphatic rings. The van der Waals surface area contributed by atoms with Gasteiger partial charge in [0.1, 0.15) is 5.60 Å². The number of ether oxygens (including phenoxy) is 1. The van der Waals surface area contributed by atoms with Crippen molar-refractivity contribution in [3.05, 3.63) is 29.3 Å². The molecular formula is C16H23F3N2O2. The van der Waals surface area contributed by atoms with Crippen molar-refractivity contribution >= 4 is 11.8 Å². The van der Waals surface area contributed by atoms with Crippen molar-refractivity contribution in [2.75, 3.05) is 26.0 Å². The minimum Gasteiger partial charge on any atom is -0.444 e. The molecule has 1 N–H and O–H groups in total. The first-order valence-electron chi connectivity index (χ1n) is 7.23. The van der Waals surface area contributed by atoms with Gasteiger partial charge in [-0.15, -0.1) is 0 Å². The van der Waals surface area contributed by atoms with Crippen LogP contribution in [0.3, 0.4) is 0 Å². The fourth-order valence-electron chi connectivity index (χ4n) is 1.85. The fraction of sp³-hybridized carbons (Fsp3) is 0.562. The molecule has 0 saturated heterocycles. The molecular weight excluding hydrogens is 309 g/mol. The lowest BCUT2D eigenvalue weighted by Crippen LogP contribution is -2.27. The van der Waals surface area contributed by atoms with E-state index in [-0.39, 0.29) is 5.69 Å². The van der Waals surface area contributed by atoms with Gasteiger partial charge in [-0.3, -0.25) is 5.32 Å². The second kappa shape index (κ2) is 7.21. The lowest BCUT2D eigenvalue weighted by molar-refractivity contribution is -0.137. The van der Waals surface area contributed by atoms with Crippen molar-refractivity contribution in [3.63, 3.8) is 0 Å². The number of rotatable bonds is 4. The highest BCUT2D eigenvalue weighted by Crippen LogP contribution is 2.32. The van der Waals surface area contributed by atoms with E-state index >= 15 is 0 Å². The van der Waals surface area contributed by atoms with E-state index in [4.69, 9.17) is 4.74 Å². The molecule has 0 aliphatic carbocycles. The molecule has 0 spiro atoms. The van der Waals surface area contributed by atoms with E-state index in [1.165, 1.54) is 6.07 Å². The van der Waals surface area contributed by atoms with Gasteiger partial charge in [0, 0.05) is 12.2 Å². The zero-order chi connectivity index (χ0) is 17.8. The van der Waals surface area contributed by atoms with Crippen LogP contribution in [0.4, 0.5) is 23.7 Å². The third kappa shape index (κ3) is 7.36. The quantitative estimate of drug-likeness (QED) is 0.900. The highest BCUT2D eigenvalue weighted by atomic mass is 19.4. The third-order valence-electron chi connectivity index (χ3n) is 2.81. The maximum absolute atomic E-state index is 13.0. The van der Waals surface area contributed by atoms with Gasteiger partial charge >= 0.3 is 12.3 Å². The number of carbonyl (C=O) groups is 1. The van der Waals surface area contributed by atoms with Gasteiger partial charge in [-0.05, 0) is 65.0 Å². The molecule has 0 aliphatic heterocycles. The van der Waals surface area contributed by atoms with Crippen LogP contribution >= 0.6 is 0 Å². The van der Waals surface area contributed by atoms with E-state index in [0.717, 1.165) is 12.1 Å². The molecule has 7 heteroatoms. The van der Waals surface area contributed by atoms with E-state index in [1.54, 1.807) is 20.8 Å². The lowest BCUT2D eigenvalue weighted by atomic mass is 10.1. The summed E-state index contributed by atoms with van der Waals surface area (Å²) in [6.07, 6.45) is -4.81. The standard InChI is InChI=1S/C16H23F3N2O2/c1-15(2,3)23-14(22)20-13-9-11(6-7-21(4)5)8-12(10-13)16(17,18)19/h8-10H,6-7H2,1-5H3,(H,20,22). The summed E-state index contributed by atoms with van der Waals surface area (Å²) in [6, 6.07) is 3.54. The maximum Gasteiger partial charge on any atom is 0.416 e. The number of hydrogen-bond acceptors (Lipinski definition) is 3. The number of anilines is 1. The number of amides is 1. The summed E-state index contributed by atoms with van der Waals surface area (Å²) in [7, 11) is 3.68. The Labute approximate surface area is 134 Å². The number of hydrogen-bond donors (Lipinski definition) is 1. The summed E-state index contributed by atoms with van der Waals surface area (Å²) < 4.78 is 44.1. The zero-order valence-corrected chi connectivity index (χ0v) is 14.0. The molecule has 0 unspecified atom stereocenters. The van der Waals surface area contributed by atoms with E-state index < -0.39 is 23.4 Å². The average molecular weight is 332 g/mol. The van der Waals surface area contributed by atoms with Crippen LogP contribution in [0.1, 0.15) is 31.9 Å². The van der Waals surface area contributed by atoms with Crippen molar-refractivity contribution in [2.24, 2.45) is 0 Å². The summed E-state index contributed by atoms with van der Waals surface area (Å²) >= 11 is 0. The second-order valence-electron chi connectivity index (χ2n) is 6.60. The van der Waals surface area contributed by atoms with Crippen molar-refractivity contribution in [1.82, 2.24) is 4.90 Å². The van der Waals surface area contributed by atoms with Crippen LogP contribution in [0.2, 0.25) is 0 Å². The first kappa shape index (κ1) is 19.3. The van der Waals surface area contributed by atoms with Gasteiger partial charge in [0.25, 0.3) is 0 Å². The molecule has 0 bridgehead atoms. The Morgan fingerprint density at radius 1 is 1.17 bits per heavy atom. The van der Waals surface area contributed by atoms with Crippen molar-refractivity contribution in [3.8, 4) is 0 Å². The summed E-state index contributed by atoms with van der Waals surface area (Å²) in [6.45, 7) is 5.65. The molecule has 0 fully saturated rings. The number of benzene rings is 1. The van der Waals surface area contributed by atoms with Crippen LogP contribution in [0.25, 0.3) is 0 Å². The molecule has 1 aromatic rings. The molecule has 4 nitrogen and oxygen atoms in total. The number of halogens is 3. The fourth-order valence-corrected chi connectivity index (χ4v) is 1.85. The molecule has 1 rings (SSSR count). The minimum absolute atomic E-state index is 0.0721. The number of alkyl halides is 3. The van der Waals surface area contributed by atoms with E-state index in [2.05, 4.69) is 5.32 Å². The summed E-state index contributed by atoms with van der Waals surface area (Å²) in [5.41, 5.74) is -0.943. The number of likely N-dealkylation sites (N-methyl/N-ethyl adjacent to an activating group) is 1. The highest BCUT2D eigenvalue weighted by Gasteiger charge is 2.31. The Hall–Kier alpha value is -1.76. The highest BCUT2D eigenvalue weighted by molar-refractivity contribution is 5.85.